The molecule has 0 aliphatic carbocycles. The molecule has 0 radical (unpaired) electrons. The molecule has 0 aliphatic heterocycles. The lowest BCUT2D eigenvalue weighted by Gasteiger charge is -2.05. The first-order chi connectivity index (χ1) is 10.1. The van der Waals surface area contributed by atoms with Crippen LogP contribution in [-0.4, -0.2) is 31.4 Å². The van der Waals surface area contributed by atoms with Crippen LogP contribution in [0.1, 0.15) is 4.88 Å². The van der Waals surface area contributed by atoms with Crippen LogP contribution in [0.5, 0.6) is 0 Å². The molecule has 3 heterocycles. The number of thioether (sulfide) groups is 1. The molecule has 0 aromatic carbocycles. The van der Waals surface area contributed by atoms with Crippen molar-refractivity contribution in [1.82, 2.24) is 14.5 Å². The molecule has 0 saturated heterocycles. The van der Waals surface area contributed by atoms with Gasteiger partial charge in [-0.25, -0.2) is 9.97 Å². The SMILES string of the molecule is O=C(O)CSc1nc2cccnc2n1Cc1ccc(Br)s1. The Morgan fingerprint density at radius 3 is 3.00 bits per heavy atom. The zero-order valence-electron chi connectivity index (χ0n) is 10.7. The van der Waals surface area contributed by atoms with E-state index in [1.807, 2.05) is 28.8 Å². The van der Waals surface area contributed by atoms with Gasteiger partial charge in [0.2, 0.25) is 0 Å². The van der Waals surface area contributed by atoms with Gasteiger partial charge in [-0.3, -0.25) is 9.36 Å². The number of imidazole rings is 1. The van der Waals surface area contributed by atoms with Crippen LogP contribution in [0.15, 0.2) is 39.4 Å². The van der Waals surface area contributed by atoms with Crippen LogP contribution >= 0.6 is 39.0 Å². The minimum atomic E-state index is -0.856. The standard InChI is InChI=1S/C13H10BrN3O2S2/c14-10-4-3-8(21-10)6-17-12-9(2-1-5-15-12)16-13(17)20-7-11(18)19/h1-5H,6-7H2,(H,18,19). The van der Waals surface area contributed by atoms with Gasteiger partial charge >= 0.3 is 5.97 Å². The van der Waals surface area contributed by atoms with Crippen molar-refractivity contribution in [2.24, 2.45) is 0 Å². The van der Waals surface area contributed by atoms with Gasteiger partial charge in [-0.1, -0.05) is 11.8 Å². The fourth-order valence-corrected chi connectivity index (χ4v) is 4.10. The van der Waals surface area contributed by atoms with Gasteiger partial charge < -0.3 is 5.11 Å². The van der Waals surface area contributed by atoms with Crippen molar-refractivity contribution in [3.8, 4) is 0 Å². The number of aliphatic carboxylic acids is 1. The number of aromatic nitrogens is 3. The van der Waals surface area contributed by atoms with Crippen molar-refractivity contribution < 1.29 is 9.90 Å². The number of hydrogen-bond donors (Lipinski definition) is 1. The van der Waals surface area contributed by atoms with E-state index < -0.39 is 5.97 Å². The molecule has 0 bridgehead atoms. The predicted octanol–water partition coefficient (Wildman–Crippen LogP) is 3.48. The number of fused-ring (bicyclic) bond motifs is 1. The molecule has 21 heavy (non-hydrogen) atoms. The van der Waals surface area contributed by atoms with Crippen molar-refractivity contribution in [2.45, 2.75) is 11.7 Å². The number of nitrogens with zero attached hydrogens (tertiary/aromatic N) is 3. The third kappa shape index (κ3) is 3.28. The molecule has 3 rings (SSSR count). The molecule has 0 aliphatic rings. The summed E-state index contributed by atoms with van der Waals surface area (Å²) in [6, 6.07) is 7.74. The van der Waals surface area contributed by atoms with Crippen LogP contribution in [0.2, 0.25) is 0 Å². The first-order valence-electron chi connectivity index (χ1n) is 6.03. The van der Waals surface area contributed by atoms with Gasteiger partial charge in [0, 0.05) is 11.1 Å². The number of hydrogen-bond acceptors (Lipinski definition) is 5. The van der Waals surface area contributed by atoms with E-state index in [0.717, 1.165) is 19.8 Å². The smallest absolute Gasteiger partial charge is 0.313 e. The average molecular weight is 384 g/mol. The molecule has 0 unspecified atom stereocenters. The summed E-state index contributed by atoms with van der Waals surface area (Å²) >= 11 is 6.30. The minimum absolute atomic E-state index is 0.0164. The molecule has 0 atom stereocenters. The first-order valence-corrected chi connectivity index (χ1v) is 8.63. The lowest BCUT2D eigenvalue weighted by molar-refractivity contribution is -0.133. The summed E-state index contributed by atoms with van der Waals surface area (Å²) in [5, 5.41) is 9.53. The van der Waals surface area contributed by atoms with Gasteiger partial charge in [0.15, 0.2) is 10.8 Å². The van der Waals surface area contributed by atoms with Gasteiger partial charge in [0.25, 0.3) is 0 Å². The lowest BCUT2D eigenvalue weighted by atomic mass is 10.4. The largest absolute Gasteiger partial charge is 0.481 e. The number of carboxylic acid groups (broad SMARTS) is 1. The van der Waals surface area contributed by atoms with E-state index in [1.165, 1.54) is 11.8 Å². The maximum atomic E-state index is 10.8. The predicted molar refractivity (Wildman–Crippen MR) is 87.0 cm³/mol. The molecule has 0 fully saturated rings. The third-order valence-electron chi connectivity index (χ3n) is 2.74. The van der Waals surface area contributed by atoms with E-state index >= 15 is 0 Å². The van der Waals surface area contributed by atoms with E-state index in [4.69, 9.17) is 5.11 Å². The van der Waals surface area contributed by atoms with E-state index in [9.17, 15) is 4.79 Å². The van der Waals surface area contributed by atoms with Crippen LogP contribution < -0.4 is 0 Å². The van der Waals surface area contributed by atoms with Gasteiger partial charge in [-0.05, 0) is 40.2 Å². The zero-order chi connectivity index (χ0) is 14.8. The Balaban J connectivity index is 2.00. The molecular weight excluding hydrogens is 374 g/mol. The van der Waals surface area contributed by atoms with Crippen molar-refractivity contribution in [3.63, 3.8) is 0 Å². The van der Waals surface area contributed by atoms with Crippen molar-refractivity contribution >= 4 is 56.2 Å². The van der Waals surface area contributed by atoms with Crippen LogP contribution in [-0.2, 0) is 11.3 Å². The van der Waals surface area contributed by atoms with Crippen LogP contribution in [0.25, 0.3) is 11.2 Å². The molecule has 3 aromatic rings. The van der Waals surface area contributed by atoms with Crippen molar-refractivity contribution in [1.29, 1.82) is 0 Å². The van der Waals surface area contributed by atoms with E-state index in [0.29, 0.717) is 11.7 Å². The first kappa shape index (κ1) is 14.6. The van der Waals surface area contributed by atoms with Crippen LogP contribution in [0, 0.1) is 0 Å². The number of carboxylic acids is 1. The lowest BCUT2D eigenvalue weighted by Crippen LogP contribution is -2.04. The number of carbonyl (C=O) groups is 1. The second kappa shape index (κ2) is 6.17. The quantitative estimate of drug-likeness (QED) is 0.683. The monoisotopic (exact) mass is 383 g/mol. The molecular formula is C13H10BrN3O2S2. The molecule has 108 valence electrons. The Morgan fingerprint density at radius 1 is 1.43 bits per heavy atom. The van der Waals surface area contributed by atoms with Crippen LogP contribution in [0.3, 0.4) is 0 Å². The van der Waals surface area contributed by atoms with Gasteiger partial charge in [-0.2, -0.15) is 0 Å². The Kier molecular flexibility index (Phi) is 4.27. The normalized spacial score (nSPS) is 11.1. The van der Waals surface area contributed by atoms with E-state index in [2.05, 4.69) is 25.9 Å². The second-order valence-electron chi connectivity index (χ2n) is 4.21. The molecule has 0 amide bonds. The van der Waals surface area contributed by atoms with E-state index in [-0.39, 0.29) is 5.75 Å². The fourth-order valence-electron chi connectivity index (χ4n) is 1.91. The Bertz CT molecular complexity index is 800. The summed E-state index contributed by atoms with van der Waals surface area (Å²) in [6.07, 6.45) is 1.72. The highest BCUT2D eigenvalue weighted by molar-refractivity contribution is 9.11. The Labute approximate surface area is 137 Å². The van der Waals surface area contributed by atoms with Gasteiger partial charge in [-0.15, -0.1) is 11.3 Å². The second-order valence-corrected chi connectivity index (χ2v) is 7.70. The van der Waals surface area contributed by atoms with Crippen molar-refractivity contribution in [3.05, 3.63) is 39.1 Å². The van der Waals surface area contributed by atoms with Crippen LogP contribution in [0.4, 0.5) is 0 Å². The molecule has 3 aromatic heterocycles. The third-order valence-corrected chi connectivity index (χ3v) is 5.31. The maximum Gasteiger partial charge on any atom is 0.313 e. The summed E-state index contributed by atoms with van der Waals surface area (Å²) in [6.45, 7) is 0.631. The molecule has 0 saturated carbocycles. The summed E-state index contributed by atoms with van der Waals surface area (Å²) < 4.78 is 3.02. The minimum Gasteiger partial charge on any atom is -0.481 e. The summed E-state index contributed by atoms with van der Waals surface area (Å²) in [7, 11) is 0. The summed E-state index contributed by atoms with van der Waals surface area (Å²) in [5.41, 5.74) is 1.55. The van der Waals surface area contributed by atoms with E-state index in [1.54, 1.807) is 17.5 Å². The maximum absolute atomic E-state index is 10.8. The highest BCUT2D eigenvalue weighted by atomic mass is 79.9. The van der Waals surface area contributed by atoms with Crippen molar-refractivity contribution in [2.75, 3.05) is 5.75 Å². The molecule has 8 heteroatoms. The molecule has 0 spiro atoms. The average Bonchev–Trinajstić information content (AvgIpc) is 3.01. The highest BCUT2D eigenvalue weighted by Crippen LogP contribution is 2.27. The number of rotatable bonds is 5. The Morgan fingerprint density at radius 2 is 2.29 bits per heavy atom. The number of thiophene rings is 1. The van der Waals surface area contributed by atoms with Gasteiger partial charge in [0.05, 0.1) is 16.1 Å². The highest BCUT2D eigenvalue weighted by Gasteiger charge is 2.14. The number of pyridine rings is 1. The topological polar surface area (TPSA) is 68.0 Å². The fraction of sp³-hybridized carbons (Fsp3) is 0.154. The summed E-state index contributed by atoms with van der Waals surface area (Å²) in [4.78, 5) is 20.8. The zero-order valence-corrected chi connectivity index (χ0v) is 13.9. The summed E-state index contributed by atoms with van der Waals surface area (Å²) in [5.74, 6) is -0.872. The molecule has 1 N–H and O–H groups in total. The van der Waals surface area contributed by atoms with Gasteiger partial charge in [0.1, 0.15) is 5.52 Å². The molecule has 5 nitrogen and oxygen atoms in total. The number of halogens is 1. The Hall–Kier alpha value is -1.38.